The zero-order valence-electron chi connectivity index (χ0n) is 15.8. The predicted molar refractivity (Wildman–Crippen MR) is 112 cm³/mol. The lowest BCUT2D eigenvalue weighted by molar-refractivity contribution is 0.0954. The second-order valence-corrected chi connectivity index (χ2v) is 7.26. The van der Waals surface area contributed by atoms with Crippen LogP contribution < -0.4 is 10.1 Å². The van der Waals surface area contributed by atoms with E-state index in [9.17, 15) is 4.79 Å². The number of carbonyl (C=O) groups excluding carboxylic acids is 1. The van der Waals surface area contributed by atoms with Crippen LogP contribution in [0.15, 0.2) is 71.3 Å². The van der Waals surface area contributed by atoms with E-state index < -0.39 is 0 Å². The quantitative estimate of drug-likeness (QED) is 0.478. The van der Waals surface area contributed by atoms with E-state index in [1.54, 1.807) is 6.07 Å². The van der Waals surface area contributed by atoms with Crippen LogP contribution in [0.2, 0.25) is 0 Å². The van der Waals surface area contributed by atoms with Gasteiger partial charge in [0.25, 0.3) is 11.8 Å². The number of aromatic nitrogens is 2. The van der Waals surface area contributed by atoms with E-state index in [1.165, 1.54) is 11.3 Å². The molecule has 7 heteroatoms. The van der Waals surface area contributed by atoms with Gasteiger partial charge in [-0.05, 0) is 37.3 Å². The van der Waals surface area contributed by atoms with Gasteiger partial charge < -0.3 is 14.6 Å². The number of carbonyl (C=O) groups is 1. The minimum absolute atomic E-state index is 0.153. The molecule has 1 N–H and O–H groups in total. The normalized spacial score (nSPS) is 10.7. The van der Waals surface area contributed by atoms with E-state index in [0.29, 0.717) is 29.7 Å². The van der Waals surface area contributed by atoms with E-state index in [4.69, 9.17) is 9.26 Å². The summed E-state index contributed by atoms with van der Waals surface area (Å²) in [7, 11) is 0. The number of nitrogens with zero attached hydrogens (tertiary/aromatic N) is 2. The molecule has 0 bridgehead atoms. The number of amides is 1. The van der Waals surface area contributed by atoms with Gasteiger partial charge in [-0.1, -0.05) is 41.6 Å². The lowest BCUT2D eigenvalue weighted by Gasteiger charge is -2.10. The molecule has 0 aliphatic heterocycles. The van der Waals surface area contributed by atoms with Crippen molar-refractivity contribution in [2.45, 2.75) is 13.5 Å². The van der Waals surface area contributed by atoms with E-state index in [-0.39, 0.29) is 5.91 Å². The molecular formula is C22H19N3O3S. The number of thiophene rings is 1. The number of para-hydroxylation sites is 1. The van der Waals surface area contributed by atoms with Gasteiger partial charge >= 0.3 is 0 Å². The average molecular weight is 405 g/mol. The summed E-state index contributed by atoms with van der Waals surface area (Å²) in [6, 6.07) is 20.8. The highest BCUT2D eigenvalue weighted by Crippen LogP contribution is 2.28. The van der Waals surface area contributed by atoms with Crippen LogP contribution in [0.25, 0.3) is 22.2 Å². The molecule has 4 aromatic rings. The van der Waals surface area contributed by atoms with Crippen LogP contribution in [-0.4, -0.2) is 22.7 Å². The standard InChI is InChI=1S/C22H19N3O3S/c1-2-27-17-11-7-6-10-16(17)14-23-21(26)19-13-12-18(29-19)20-24-22(28-25-20)15-8-4-3-5-9-15/h3-13H,2,14H2,1H3,(H,23,26). The van der Waals surface area contributed by atoms with Gasteiger partial charge in [0.05, 0.1) is 16.4 Å². The third-order valence-electron chi connectivity index (χ3n) is 4.21. The molecule has 29 heavy (non-hydrogen) atoms. The molecule has 1 amide bonds. The van der Waals surface area contributed by atoms with Gasteiger partial charge in [0, 0.05) is 17.7 Å². The largest absolute Gasteiger partial charge is 0.494 e. The molecule has 0 saturated heterocycles. The molecule has 0 aliphatic rings. The molecule has 0 radical (unpaired) electrons. The smallest absolute Gasteiger partial charge is 0.261 e. The Morgan fingerprint density at radius 3 is 2.69 bits per heavy atom. The number of benzene rings is 2. The lowest BCUT2D eigenvalue weighted by atomic mass is 10.2. The van der Waals surface area contributed by atoms with E-state index >= 15 is 0 Å². The van der Waals surface area contributed by atoms with Gasteiger partial charge in [0.2, 0.25) is 5.82 Å². The Morgan fingerprint density at radius 2 is 1.86 bits per heavy atom. The summed E-state index contributed by atoms with van der Waals surface area (Å²) in [6.07, 6.45) is 0. The van der Waals surface area contributed by atoms with Crippen molar-refractivity contribution in [2.75, 3.05) is 6.61 Å². The van der Waals surface area contributed by atoms with Gasteiger partial charge in [-0.25, -0.2) is 0 Å². The summed E-state index contributed by atoms with van der Waals surface area (Å²) in [5.74, 6) is 1.55. The monoisotopic (exact) mass is 405 g/mol. The Balaban J connectivity index is 1.44. The molecule has 0 fully saturated rings. The third kappa shape index (κ3) is 4.35. The minimum atomic E-state index is -0.153. The first-order chi connectivity index (χ1) is 14.2. The van der Waals surface area contributed by atoms with Gasteiger partial charge in [-0.2, -0.15) is 4.98 Å². The fourth-order valence-electron chi connectivity index (χ4n) is 2.81. The maximum absolute atomic E-state index is 12.6. The maximum Gasteiger partial charge on any atom is 0.261 e. The van der Waals surface area contributed by atoms with E-state index in [2.05, 4.69) is 15.5 Å². The Labute approximate surface area is 172 Å². The van der Waals surface area contributed by atoms with E-state index in [0.717, 1.165) is 21.8 Å². The van der Waals surface area contributed by atoms with Crippen LogP contribution >= 0.6 is 11.3 Å². The molecule has 0 unspecified atom stereocenters. The number of hydrogen-bond donors (Lipinski definition) is 1. The molecule has 0 atom stereocenters. The average Bonchev–Trinajstić information content (AvgIpc) is 3.44. The molecule has 2 aromatic carbocycles. The fourth-order valence-corrected chi connectivity index (χ4v) is 3.66. The lowest BCUT2D eigenvalue weighted by Crippen LogP contribution is -2.22. The molecule has 0 aliphatic carbocycles. The Morgan fingerprint density at radius 1 is 1.07 bits per heavy atom. The summed E-state index contributed by atoms with van der Waals surface area (Å²) in [5.41, 5.74) is 1.79. The predicted octanol–water partition coefficient (Wildman–Crippen LogP) is 4.79. The van der Waals surface area contributed by atoms with Gasteiger partial charge in [-0.15, -0.1) is 11.3 Å². The van der Waals surface area contributed by atoms with Crippen molar-refractivity contribution in [1.82, 2.24) is 15.5 Å². The summed E-state index contributed by atoms with van der Waals surface area (Å²) >= 11 is 1.32. The summed E-state index contributed by atoms with van der Waals surface area (Å²) in [4.78, 5) is 18.3. The van der Waals surface area contributed by atoms with Crippen LogP contribution in [0.5, 0.6) is 5.75 Å². The highest BCUT2D eigenvalue weighted by Gasteiger charge is 2.15. The van der Waals surface area contributed by atoms with Crippen molar-refractivity contribution in [3.05, 3.63) is 77.2 Å². The van der Waals surface area contributed by atoms with Crippen LogP contribution in [0.1, 0.15) is 22.2 Å². The van der Waals surface area contributed by atoms with Crippen LogP contribution in [0.4, 0.5) is 0 Å². The minimum Gasteiger partial charge on any atom is -0.494 e. The van der Waals surface area contributed by atoms with E-state index in [1.807, 2.05) is 67.6 Å². The summed E-state index contributed by atoms with van der Waals surface area (Å²) in [5, 5.41) is 6.97. The first kappa shape index (κ1) is 18.9. The van der Waals surface area contributed by atoms with Crippen LogP contribution in [0, 0.1) is 0 Å². The number of rotatable bonds is 7. The van der Waals surface area contributed by atoms with Crippen molar-refractivity contribution in [3.8, 4) is 27.9 Å². The Bertz CT molecular complexity index is 1110. The summed E-state index contributed by atoms with van der Waals surface area (Å²) < 4.78 is 10.9. The first-order valence-corrected chi connectivity index (χ1v) is 10.0. The molecule has 0 spiro atoms. The highest BCUT2D eigenvalue weighted by molar-refractivity contribution is 7.17. The van der Waals surface area contributed by atoms with Gasteiger partial charge in [0.15, 0.2) is 0 Å². The molecule has 0 saturated carbocycles. The van der Waals surface area contributed by atoms with Gasteiger partial charge in [-0.3, -0.25) is 4.79 Å². The molecule has 146 valence electrons. The molecule has 2 heterocycles. The van der Waals surface area contributed by atoms with Crippen molar-refractivity contribution in [1.29, 1.82) is 0 Å². The zero-order chi connectivity index (χ0) is 20.1. The van der Waals surface area contributed by atoms with Gasteiger partial charge in [0.1, 0.15) is 5.75 Å². The zero-order valence-corrected chi connectivity index (χ0v) is 16.6. The highest BCUT2D eigenvalue weighted by atomic mass is 32.1. The second-order valence-electron chi connectivity index (χ2n) is 6.18. The molecule has 2 aromatic heterocycles. The number of ether oxygens (including phenoxy) is 1. The third-order valence-corrected chi connectivity index (χ3v) is 5.29. The molecular weight excluding hydrogens is 386 g/mol. The first-order valence-electron chi connectivity index (χ1n) is 9.23. The molecule has 4 rings (SSSR count). The topological polar surface area (TPSA) is 77.2 Å². The number of nitrogens with one attached hydrogen (secondary N) is 1. The van der Waals surface area contributed by atoms with Crippen molar-refractivity contribution >= 4 is 17.2 Å². The Hall–Kier alpha value is -3.45. The van der Waals surface area contributed by atoms with Crippen LogP contribution in [-0.2, 0) is 6.54 Å². The van der Waals surface area contributed by atoms with Crippen molar-refractivity contribution in [2.24, 2.45) is 0 Å². The number of hydrogen-bond acceptors (Lipinski definition) is 6. The second kappa shape index (κ2) is 8.70. The summed E-state index contributed by atoms with van der Waals surface area (Å²) in [6.45, 7) is 2.90. The van der Waals surface area contributed by atoms with Crippen molar-refractivity contribution in [3.63, 3.8) is 0 Å². The maximum atomic E-state index is 12.6. The van der Waals surface area contributed by atoms with Crippen molar-refractivity contribution < 1.29 is 14.1 Å². The fraction of sp³-hybridized carbons (Fsp3) is 0.136. The Kier molecular flexibility index (Phi) is 5.67. The molecule has 6 nitrogen and oxygen atoms in total. The van der Waals surface area contributed by atoms with Crippen LogP contribution in [0.3, 0.4) is 0 Å². The SMILES string of the molecule is CCOc1ccccc1CNC(=O)c1ccc(-c2noc(-c3ccccc3)n2)s1.